The standard InChI is InChI=1S/C13H22N2S/c1-10(12-11(2)15-9-16-12)14-8-13(3)6-4-5-7-13/h9-10,14H,4-8H2,1-3H3. The summed E-state index contributed by atoms with van der Waals surface area (Å²) < 4.78 is 0. The summed E-state index contributed by atoms with van der Waals surface area (Å²) in [7, 11) is 0. The van der Waals surface area contributed by atoms with Gasteiger partial charge < -0.3 is 5.32 Å². The second-order valence-corrected chi connectivity index (χ2v) is 6.31. The molecular formula is C13H22N2S. The molecule has 16 heavy (non-hydrogen) atoms. The van der Waals surface area contributed by atoms with Gasteiger partial charge in [-0.05, 0) is 32.1 Å². The highest BCUT2D eigenvalue weighted by atomic mass is 32.1. The lowest BCUT2D eigenvalue weighted by atomic mass is 9.88. The molecule has 0 aliphatic heterocycles. The SMILES string of the molecule is Cc1ncsc1C(C)NCC1(C)CCCC1. The van der Waals surface area contributed by atoms with Gasteiger partial charge in [-0.1, -0.05) is 19.8 Å². The van der Waals surface area contributed by atoms with Gasteiger partial charge in [0.25, 0.3) is 0 Å². The summed E-state index contributed by atoms with van der Waals surface area (Å²) in [6, 6.07) is 0.449. The molecule has 1 N–H and O–H groups in total. The molecule has 3 heteroatoms. The van der Waals surface area contributed by atoms with E-state index in [0.717, 1.165) is 6.54 Å². The molecular weight excluding hydrogens is 216 g/mol. The van der Waals surface area contributed by atoms with E-state index in [2.05, 4.69) is 31.1 Å². The number of aromatic nitrogens is 1. The van der Waals surface area contributed by atoms with Crippen LogP contribution in [0.5, 0.6) is 0 Å². The predicted molar refractivity (Wildman–Crippen MR) is 69.8 cm³/mol. The first-order valence-corrected chi connectivity index (χ1v) is 7.12. The van der Waals surface area contributed by atoms with E-state index in [0.29, 0.717) is 11.5 Å². The molecule has 1 fully saturated rings. The van der Waals surface area contributed by atoms with Gasteiger partial charge in [-0.25, -0.2) is 4.98 Å². The van der Waals surface area contributed by atoms with E-state index in [1.54, 1.807) is 11.3 Å². The van der Waals surface area contributed by atoms with Gasteiger partial charge in [0.15, 0.2) is 0 Å². The highest BCUT2D eigenvalue weighted by molar-refractivity contribution is 7.09. The number of thiazole rings is 1. The molecule has 1 aliphatic carbocycles. The Morgan fingerprint density at radius 1 is 1.50 bits per heavy atom. The second kappa shape index (κ2) is 4.84. The first kappa shape index (κ1) is 12.1. The Labute approximate surface area is 102 Å². The van der Waals surface area contributed by atoms with E-state index in [-0.39, 0.29) is 0 Å². The molecule has 0 spiro atoms. The summed E-state index contributed by atoms with van der Waals surface area (Å²) in [4.78, 5) is 5.70. The van der Waals surface area contributed by atoms with E-state index in [9.17, 15) is 0 Å². The van der Waals surface area contributed by atoms with E-state index in [4.69, 9.17) is 0 Å². The molecule has 1 unspecified atom stereocenters. The van der Waals surface area contributed by atoms with Gasteiger partial charge in [0.1, 0.15) is 0 Å². The molecule has 1 saturated carbocycles. The minimum atomic E-state index is 0.449. The summed E-state index contributed by atoms with van der Waals surface area (Å²) in [6.07, 6.45) is 5.58. The fourth-order valence-electron chi connectivity index (χ4n) is 2.62. The van der Waals surface area contributed by atoms with Crippen LogP contribution < -0.4 is 5.32 Å². The Balaban J connectivity index is 1.88. The summed E-state index contributed by atoms with van der Waals surface area (Å²) in [5, 5.41) is 3.68. The first-order chi connectivity index (χ1) is 7.61. The third-order valence-electron chi connectivity index (χ3n) is 3.82. The average Bonchev–Trinajstić information content (AvgIpc) is 2.85. The molecule has 1 atom stereocenters. The molecule has 1 aliphatic rings. The Morgan fingerprint density at radius 2 is 2.19 bits per heavy atom. The lowest BCUT2D eigenvalue weighted by molar-refractivity contribution is 0.302. The van der Waals surface area contributed by atoms with Gasteiger partial charge in [-0.15, -0.1) is 11.3 Å². The minimum Gasteiger partial charge on any atom is -0.309 e. The van der Waals surface area contributed by atoms with Crippen molar-refractivity contribution in [2.24, 2.45) is 5.41 Å². The summed E-state index contributed by atoms with van der Waals surface area (Å²) in [6.45, 7) is 7.91. The van der Waals surface area contributed by atoms with Crippen molar-refractivity contribution in [2.45, 2.75) is 52.5 Å². The van der Waals surface area contributed by atoms with Crippen LogP contribution in [0.15, 0.2) is 5.51 Å². The largest absolute Gasteiger partial charge is 0.309 e. The van der Waals surface area contributed by atoms with Crippen LogP contribution in [0.4, 0.5) is 0 Å². The van der Waals surface area contributed by atoms with Crippen LogP contribution in [0.3, 0.4) is 0 Å². The maximum Gasteiger partial charge on any atom is 0.0798 e. The van der Waals surface area contributed by atoms with Crippen LogP contribution in [-0.2, 0) is 0 Å². The molecule has 0 aromatic carbocycles. The van der Waals surface area contributed by atoms with Crippen molar-refractivity contribution in [2.75, 3.05) is 6.54 Å². The molecule has 1 heterocycles. The Kier molecular flexibility index (Phi) is 3.65. The Bertz CT molecular complexity index is 339. The first-order valence-electron chi connectivity index (χ1n) is 6.24. The quantitative estimate of drug-likeness (QED) is 0.865. The molecule has 0 bridgehead atoms. The number of hydrogen-bond donors (Lipinski definition) is 1. The number of hydrogen-bond acceptors (Lipinski definition) is 3. The van der Waals surface area contributed by atoms with Crippen molar-refractivity contribution in [3.05, 3.63) is 16.1 Å². The van der Waals surface area contributed by atoms with E-state index >= 15 is 0 Å². The highest BCUT2D eigenvalue weighted by Gasteiger charge is 2.28. The number of aryl methyl sites for hydroxylation is 1. The zero-order valence-corrected chi connectivity index (χ0v) is 11.4. The van der Waals surface area contributed by atoms with Gasteiger partial charge in [0.2, 0.25) is 0 Å². The molecule has 1 aromatic heterocycles. The third-order valence-corrected chi connectivity index (χ3v) is 4.94. The molecule has 2 rings (SSSR count). The monoisotopic (exact) mass is 238 g/mol. The molecule has 90 valence electrons. The van der Waals surface area contributed by atoms with Crippen LogP contribution >= 0.6 is 11.3 Å². The molecule has 2 nitrogen and oxygen atoms in total. The van der Waals surface area contributed by atoms with Crippen molar-refractivity contribution in [1.82, 2.24) is 10.3 Å². The highest BCUT2D eigenvalue weighted by Crippen LogP contribution is 2.37. The normalized spacial score (nSPS) is 21.2. The van der Waals surface area contributed by atoms with E-state index in [1.807, 2.05) is 5.51 Å². The van der Waals surface area contributed by atoms with Gasteiger partial charge in [-0.3, -0.25) is 0 Å². The summed E-state index contributed by atoms with van der Waals surface area (Å²) in [5.41, 5.74) is 3.66. The zero-order chi connectivity index (χ0) is 11.6. The van der Waals surface area contributed by atoms with Crippen molar-refractivity contribution >= 4 is 11.3 Å². The average molecular weight is 238 g/mol. The van der Waals surface area contributed by atoms with Gasteiger partial charge in [-0.2, -0.15) is 0 Å². The topological polar surface area (TPSA) is 24.9 Å². The van der Waals surface area contributed by atoms with Crippen molar-refractivity contribution in [1.29, 1.82) is 0 Å². The second-order valence-electron chi connectivity index (χ2n) is 5.42. The lowest BCUT2D eigenvalue weighted by Gasteiger charge is -2.26. The van der Waals surface area contributed by atoms with Gasteiger partial charge in [0.05, 0.1) is 11.2 Å². The van der Waals surface area contributed by atoms with Crippen molar-refractivity contribution < 1.29 is 0 Å². The van der Waals surface area contributed by atoms with Crippen molar-refractivity contribution in [3.63, 3.8) is 0 Å². The Morgan fingerprint density at radius 3 is 2.75 bits per heavy atom. The third kappa shape index (κ3) is 2.64. The van der Waals surface area contributed by atoms with Crippen LogP contribution in [0, 0.1) is 12.3 Å². The van der Waals surface area contributed by atoms with Crippen LogP contribution in [0.1, 0.15) is 56.1 Å². The molecule has 0 amide bonds. The minimum absolute atomic E-state index is 0.449. The smallest absolute Gasteiger partial charge is 0.0798 e. The predicted octanol–water partition coefficient (Wildman–Crippen LogP) is 3.68. The van der Waals surface area contributed by atoms with Crippen molar-refractivity contribution in [3.8, 4) is 0 Å². The Hall–Kier alpha value is -0.410. The maximum atomic E-state index is 4.31. The maximum absolute atomic E-state index is 4.31. The molecule has 1 aromatic rings. The lowest BCUT2D eigenvalue weighted by Crippen LogP contribution is -2.31. The molecule has 0 saturated heterocycles. The van der Waals surface area contributed by atoms with Crippen LogP contribution in [0.25, 0.3) is 0 Å². The van der Waals surface area contributed by atoms with Crippen LogP contribution in [0.2, 0.25) is 0 Å². The van der Waals surface area contributed by atoms with E-state index < -0.39 is 0 Å². The van der Waals surface area contributed by atoms with Gasteiger partial charge >= 0.3 is 0 Å². The number of rotatable bonds is 4. The fraction of sp³-hybridized carbons (Fsp3) is 0.769. The van der Waals surface area contributed by atoms with E-state index in [1.165, 1.54) is 36.3 Å². The number of nitrogens with one attached hydrogen (secondary N) is 1. The summed E-state index contributed by atoms with van der Waals surface area (Å²) >= 11 is 1.77. The van der Waals surface area contributed by atoms with Gasteiger partial charge in [0, 0.05) is 17.5 Å². The molecule has 0 radical (unpaired) electrons. The zero-order valence-electron chi connectivity index (χ0n) is 10.5. The fourth-order valence-corrected chi connectivity index (χ4v) is 3.46. The summed E-state index contributed by atoms with van der Waals surface area (Å²) in [5.74, 6) is 0. The van der Waals surface area contributed by atoms with Crippen LogP contribution in [-0.4, -0.2) is 11.5 Å². The number of nitrogens with zero attached hydrogens (tertiary/aromatic N) is 1.